The van der Waals surface area contributed by atoms with Gasteiger partial charge in [-0.05, 0) is 30.7 Å². The molecule has 0 aliphatic carbocycles. The Labute approximate surface area is 186 Å². The first-order valence-corrected chi connectivity index (χ1v) is 12.0. The van der Waals surface area contributed by atoms with Crippen molar-refractivity contribution in [2.45, 2.75) is 31.3 Å². The Morgan fingerprint density at radius 2 is 1.94 bits per heavy atom. The maximum atomic E-state index is 12.1. The van der Waals surface area contributed by atoms with E-state index >= 15 is 0 Å². The number of aryl methyl sites for hydroxylation is 1. The molecule has 2 aromatic carbocycles. The molecule has 0 amide bonds. The van der Waals surface area contributed by atoms with Gasteiger partial charge in [0, 0.05) is 42.7 Å². The van der Waals surface area contributed by atoms with Crippen LogP contribution >= 0.6 is 0 Å². The Kier molecular flexibility index (Phi) is 5.16. The van der Waals surface area contributed by atoms with Gasteiger partial charge in [0.2, 0.25) is 16.0 Å². The number of nitrogens with one attached hydrogen (secondary N) is 2. The predicted octanol–water partition coefficient (Wildman–Crippen LogP) is 2.63. The number of rotatable bonds is 5. The second-order valence-electron chi connectivity index (χ2n) is 7.92. The highest BCUT2D eigenvalue weighted by Crippen LogP contribution is 2.29. The van der Waals surface area contributed by atoms with Crippen LogP contribution in [0.3, 0.4) is 0 Å². The summed E-state index contributed by atoms with van der Waals surface area (Å²) >= 11 is 0. The van der Waals surface area contributed by atoms with Crippen LogP contribution in [-0.2, 0) is 29.5 Å². The Bertz CT molecular complexity index is 1410. The van der Waals surface area contributed by atoms with Crippen LogP contribution in [0.2, 0.25) is 0 Å². The number of fused-ring (bicyclic) bond motifs is 2. The van der Waals surface area contributed by atoms with E-state index in [9.17, 15) is 8.42 Å². The molecule has 3 heterocycles. The number of anilines is 1. The number of nitrogens with zero attached hydrogens (tertiary/aromatic N) is 3. The molecule has 9 heteroatoms. The second kappa shape index (κ2) is 8.01. The monoisotopic (exact) mass is 448 g/mol. The molecule has 0 saturated heterocycles. The highest BCUT2D eigenvalue weighted by Gasteiger charge is 2.22. The van der Waals surface area contributed by atoms with Crippen molar-refractivity contribution in [2.24, 2.45) is 5.14 Å². The molecule has 5 rings (SSSR count). The lowest BCUT2D eigenvalue weighted by molar-refractivity contribution is 0.598. The molecule has 0 unspecified atom stereocenters. The van der Waals surface area contributed by atoms with Crippen molar-refractivity contribution in [3.63, 3.8) is 0 Å². The van der Waals surface area contributed by atoms with Gasteiger partial charge >= 0.3 is 0 Å². The van der Waals surface area contributed by atoms with Crippen molar-refractivity contribution in [3.05, 3.63) is 77.1 Å². The quantitative estimate of drug-likeness (QED) is 0.432. The largest absolute Gasteiger partial charge is 0.366 e. The van der Waals surface area contributed by atoms with E-state index in [1.165, 1.54) is 6.07 Å². The van der Waals surface area contributed by atoms with Crippen LogP contribution in [-0.4, -0.2) is 29.5 Å². The summed E-state index contributed by atoms with van der Waals surface area (Å²) in [6.45, 7) is 4.11. The number of nitrogens with two attached hydrogens (primary N) is 1. The highest BCUT2D eigenvalue weighted by molar-refractivity contribution is 7.89. The summed E-state index contributed by atoms with van der Waals surface area (Å²) in [6.07, 6.45) is 0.797. The van der Waals surface area contributed by atoms with E-state index in [4.69, 9.17) is 15.1 Å². The van der Waals surface area contributed by atoms with Gasteiger partial charge in [-0.2, -0.15) is 4.98 Å². The molecule has 1 aliphatic rings. The van der Waals surface area contributed by atoms with Crippen LogP contribution in [0.25, 0.3) is 16.9 Å². The molecule has 2 aromatic heterocycles. The van der Waals surface area contributed by atoms with Gasteiger partial charge in [-0.25, -0.2) is 18.5 Å². The molecule has 32 heavy (non-hydrogen) atoms. The van der Waals surface area contributed by atoms with Crippen molar-refractivity contribution < 1.29 is 8.42 Å². The van der Waals surface area contributed by atoms with E-state index in [0.29, 0.717) is 29.9 Å². The highest BCUT2D eigenvalue weighted by atomic mass is 32.2. The molecular formula is C23H24N6O2S. The van der Waals surface area contributed by atoms with Gasteiger partial charge in [-0.1, -0.05) is 36.4 Å². The zero-order chi connectivity index (χ0) is 22.3. The molecule has 0 saturated carbocycles. The molecule has 4 aromatic rings. The van der Waals surface area contributed by atoms with Gasteiger partial charge in [0.05, 0.1) is 16.1 Å². The fourth-order valence-corrected chi connectivity index (χ4v) is 4.95. The molecule has 0 fully saturated rings. The Morgan fingerprint density at radius 3 is 2.72 bits per heavy atom. The summed E-state index contributed by atoms with van der Waals surface area (Å²) in [4.78, 5) is 9.83. The lowest BCUT2D eigenvalue weighted by Gasteiger charge is -2.21. The minimum Gasteiger partial charge on any atom is -0.366 e. The fourth-order valence-electron chi connectivity index (χ4n) is 4.21. The number of aromatic nitrogens is 3. The van der Waals surface area contributed by atoms with Crippen LogP contribution in [0.15, 0.2) is 59.5 Å². The third-order valence-corrected chi connectivity index (χ3v) is 6.69. The Morgan fingerprint density at radius 1 is 1.12 bits per heavy atom. The molecule has 1 aliphatic heterocycles. The third-order valence-electron chi connectivity index (χ3n) is 5.72. The number of benzene rings is 2. The summed E-state index contributed by atoms with van der Waals surface area (Å²) in [5, 5.41) is 12.9. The predicted molar refractivity (Wildman–Crippen MR) is 124 cm³/mol. The average molecular weight is 449 g/mol. The van der Waals surface area contributed by atoms with E-state index in [-0.39, 0.29) is 4.90 Å². The van der Waals surface area contributed by atoms with Crippen molar-refractivity contribution in [2.75, 3.05) is 11.9 Å². The fraction of sp³-hybridized carbons (Fsp3) is 0.217. The normalized spacial score (nSPS) is 13.8. The van der Waals surface area contributed by atoms with Crippen molar-refractivity contribution in [3.8, 4) is 5.95 Å². The maximum absolute atomic E-state index is 12.1. The first-order valence-electron chi connectivity index (χ1n) is 10.4. The minimum absolute atomic E-state index is 0.0986. The average Bonchev–Trinajstić information content (AvgIpc) is 3.13. The van der Waals surface area contributed by atoms with Crippen molar-refractivity contribution in [1.82, 2.24) is 19.9 Å². The SMILES string of the molecule is Cc1cc2c(S(N)(=O)=O)cccc2n1-c1nc2c(c(NCc3ccccc3)n1)CNCC2. The summed E-state index contributed by atoms with van der Waals surface area (Å²) < 4.78 is 26.1. The van der Waals surface area contributed by atoms with Crippen LogP contribution in [0.4, 0.5) is 5.82 Å². The standard InChI is InChI=1S/C23H24N6O2S/c1-15-12-17-20(8-5-9-21(17)32(24,30)31)29(15)23-27-19-10-11-25-14-18(19)22(28-23)26-13-16-6-3-2-4-7-16/h2-9,12,25H,10-11,13-14H2,1H3,(H2,24,30,31)(H,26,27,28). The first kappa shape index (κ1) is 20.6. The molecule has 164 valence electrons. The Hall–Kier alpha value is -3.27. The molecule has 4 N–H and O–H groups in total. The van der Waals surface area contributed by atoms with Crippen LogP contribution in [0, 0.1) is 6.92 Å². The smallest absolute Gasteiger partial charge is 0.238 e. The van der Waals surface area contributed by atoms with Crippen LogP contribution in [0.5, 0.6) is 0 Å². The zero-order valence-electron chi connectivity index (χ0n) is 17.7. The van der Waals surface area contributed by atoms with Crippen molar-refractivity contribution >= 4 is 26.7 Å². The van der Waals surface area contributed by atoms with Crippen LogP contribution < -0.4 is 15.8 Å². The lowest BCUT2D eigenvalue weighted by atomic mass is 10.1. The lowest BCUT2D eigenvalue weighted by Crippen LogP contribution is -2.27. The molecule has 0 radical (unpaired) electrons. The molecule has 0 spiro atoms. The molecule has 8 nitrogen and oxygen atoms in total. The zero-order valence-corrected chi connectivity index (χ0v) is 18.5. The second-order valence-corrected chi connectivity index (χ2v) is 9.45. The summed E-state index contributed by atoms with van der Waals surface area (Å²) in [7, 11) is -3.85. The topological polar surface area (TPSA) is 115 Å². The van der Waals surface area contributed by atoms with Gasteiger partial charge < -0.3 is 10.6 Å². The van der Waals surface area contributed by atoms with E-state index in [2.05, 4.69) is 22.8 Å². The van der Waals surface area contributed by atoms with E-state index < -0.39 is 10.0 Å². The number of hydrogen-bond donors (Lipinski definition) is 3. The van der Waals surface area contributed by atoms with Crippen LogP contribution in [0.1, 0.15) is 22.5 Å². The van der Waals surface area contributed by atoms with Crippen molar-refractivity contribution in [1.29, 1.82) is 0 Å². The number of hydrogen-bond acceptors (Lipinski definition) is 6. The summed E-state index contributed by atoms with van der Waals surface area (Å²) in [5.74, 6) is 1.30. The van der Waals surface area contributed by atoms with E-state index in [1.54, 1.807) is 6.07 Å². The van der Waals surface area contributed by atoms with Gasteiger partial charge in [0.25, 0.3) is 0 Å². The van der Waals surface area contributed by atoms with Gasteiger partial charge in [-0.15, -0.1) is 0 Å². The first-order chi connectivity index (χ1) is 15.4. The van der Waals surface area contributed by atoms with E-state index in [0.717, 1.165) is 41.3 Å². The molecule has 0 bridgehead atoms. The molecular weight excluding hydrogens is 424 g/mol. The maximum Gasteiger partial charge on any atom is 0.238 e. The number of sulfonamides is 1. The summed E-state index contributed by atoms with van der Waals surface area (Å²) in [6, 6.07) is 17.0. The Balaban J connectivity index is 1.64. The minimum atomic E-state index is -3.85. The number of primary sulfonamides is 1. The molecule has 0 atom stereocenters. The third kappa shape index (κ3) is 3.75. The van der Waals surface area contributed by atoms with Gasteiger partial charge in [-0.3, -0.25) is 4.57 Å². The van der Waals surface area contributed by atoms with E-state index in [1.807, 2.05) is 41.8 Å². The van der Waals surface area contributed by atoms with Gasteiger partial charge in [0.15, 0.2) is 0 Å². The summed E-state index contributed by atoms with van der Waals surface area (Å²) in [5.41, 5.74) is 4.75. The van der Waals surface area contributed by atoms with Gasteiger partial charge in [0.1, 0.15) is 5.82 Å².